The van der Waals surface area contributed by atoms with Gasteiger partial charge in [0.2, 0.25) is 0 Å². The van der Waals surface area contributed by atoms with E-state index in [9.17, 15) is 0 Å². The molecule has 5 nitrogen and oxygen atoms in total. The lowest BCUT2D eigenvalue weighted by Crippen LogP contribution is -2.43. The lowest BCUT2D eigenvalue weighted by molar-refractivity contribution is 0.176. The molecule has 2 rings (SSSR count). The summed E-state index contributed by atoms with van der Waals surface area (Å²) >= 11 is 6.32. The van der Waals surface area contributed by atoms with Gasteiger partial charge in [0.15, 0.2) is 0 Å². The van der Waals surface area contributed by atoms with Crippen molar-refractivity contribution in [3.63, 3.8) is 0 Å². The van der Waals surface area contributed by atoms with Crippen LogP contribution in [0.5, 0.6) is 0 Å². The van der Waals surface area contributed by atoms with E-state index in [2.05, 4.69) is 17.4 Å². The summed E-state index contributed by atoms with van der Waals surface area (Å²) in [6.45, 7) is 6.41. The zero-order valence-electron chi connectivity index (χ0n) is 10.9. The first-order valence-electron chi connectivity index (χ1n) is 6.43. The van der Waals surface area contributed by atoms with Crippen molar-refractivity contribution in [3.05, 3.63) is 16.4 Å². The van der Waals surface area contributed by atoms with Crippen molar-refractivity contribution in [1.29, 1.82) is 0 Å². The summed E-state index contributed by atoms with van der Waals surface area (Å²) in [5.74, 6) is 6.12. The third-order valence-corrected chi connectivity index (χ3v) is 4.11. The number of halogens is 1. The molecule has 0 bridgehead atoms. The topological polar surface area (TPSA) is 65.1 Å². The second kappa shape index (κ2) is 6.02. The van der Waals surface area contributed by atoms with Gasteiger partial charge in [0.05, 0.1) is 23.0 Å². The molecule has 0 aliphatic carbocycles. The molecule has 2 unspecified atom stereocenters. The van der Waals surface area contributed by atoms with Crippen LogP contribution in [0, 0.1) is 12.8 Å². The molecule has 1 aliphatic rings. The van der Waals surface area contributed by atoms with Crippen LogP contribution in [0.15, 0.2) is 0 Å². The van der Waals surface area contributed by atoms with Gasteiger partial charge < -0.3 is 4.74 Å². The number of aromatic nitrogens is 2. The van der Waals surface area contributed by atoms with E-state index < -0.39 is 0 Å². The molecule has 2 atom stereocenters. The normalized spacial score (nSPS) is 21.4. The summed E-state index contributed by atoms with van der Waals surface area (Å²) in [5, 5.41) is 5.19. The van der Waals surface area contributed by atoms with E-state index in [0.717, 1.165) is 49.0 Å². The third-order valence-electron chi connectivity index (χ3n) is 3.61. The largest absolute Gasteiger partial charge is 0.381 e. The number of rotatable bonds is 5. The summed E-state index contributed by atoms with van der Waals surface area (Å²) in [5.41, 5.74) is 4.84. The Balaban J connectivity index is 2.15. The molecule has 6 heteroatoms. The lowest BCUT2D eigenvalue weighted by Gasteiger charge is -2.21. The van der Waals surface area contributed by atoms with Crippen molar-refractivity contribution in [2.24, 2.45) is 11.8 Å². The fraction of sp³-hybridized carbons (Fsp3) is 0.750. The molecule has 102 valence electrons. The standard InChI is InChI=1S/C12H21ClN4O/c1-3-17-11(12(13)8(2)16-17)6-10(15-14)9-4-5-18-7-9/h9-10,15H,3-7,14H2,1-2H3. The summed E-state index contributed by atoms with van der Waals surface area (Å²) in [6.07, 6.45) is 1.84. The summed E-state index contributed by atoms with van der Waals surface area (Å²) in [7, 11) is 0. The molecule has 1 fully saturated rings. The number of hydrazine groups is 1. The van der Waals surface area contributed by atoms with E-state index in [1.54, 1.807) is 0 Å². The highest BCUT2D eigenvalue weighted by atomic mass is 35.5. The molecule has 18 heavy (non-hydrogen) atoms. The van der Waals surface area contributed by atoms with Crippen molar-refractivity contribution >= 4 is 11.6 Å². The minimum Gasteiger partial charge on any atom is -0.381 e. The van der Waals surface area contributed by atoms with Crippen LogP contribution < -0.4 is 11.3 Å². The second-order valence-corrected chi connectivity index (χ2v) is 5.14. The Morgan fingerprint density at radius 2 is 2.44 bits per heavy atom. The second-order valence-electron chi connectivity index (χ2n) is 4.76. The lowest BCUT2D eigenvalue weighted by atomic mass is 9.95. The van der Waals surface area contributed by atoms with Crippen molar-refractivity contribution in [2.75, 3.05) is 13.2 Å². The molecule has 0 saturated carbocycles. The van der Waals surface area contributed by atoms with E-state index in [4.69, 9.17) is 22.2 Å². The van der Waals surface area contributed by atoms with Gasteiger partial charge in [0.1, 0.15) is 0 Å². The van der Waals surface area contributed by atoms with E-state index in [1.165, 1.54) is 0 Å². The zero-order valence-corrected chi connectivity index (χ0v) is 11.7. The van der Waals surface area contributed by atoms with Crippen LogP contribution in [0.3, 0.4) is 0 Å². The number of nitrogens with zero attached hydrogens (tertiary/aromatic N) is 2. The zero-order chi connectivity index (χ0) is 13.1. The molecule has 0 spiro atoms. The number of aryl methyl sites for hydroxylation is 2. The monoisotopic (exact) mass is 272 g/mol. The first kappa shape index (κ1) is 13.8. The average molecular weight is 273 g/mol. The van der Waals surface area contributed by atoms with Crippen LogP contribution in [-0.2, 0) is 17.7 Å². The Bertz CT molecular complexity index is 401. The molecule has 1 aromatic heterocycles. The maximum absolute atomic E-state index is 6.32. The van der Waals surface area contributed by atoms with Gasteiger partial charge in [0, 0.05) is 31.5 Å². The average Bonchev–Trinajstić information content (AvgIpc) is 2.98. The van der Waals surface area contributed by atoms with Crippen molar-refractivity contribution < 1.29 is 4.74 Å². The highest BCUT2D eigenvalue weighted by Crippen LogP contribution is 2.25. The molecule has 0 radical (unpaired) electrons. The van der Waals surface area contributed by atoms with Gasteiger partial charge in [-0.2, -0.15) is 5.10 Å². The summed E-state index contributed by atoms with van der Waals surface area (Å²) < 4.78 is 7.37. The maximum Gasteiger partial charge on any atom is 0.0847 e. The van der Waals surface area contributed by atoms with Gasteiger partial charge in [-0.1, -0.05) is 11.6 Å². The minimum atomic E-state index is 0.186. The predicted octanol–water partition coefficient (Wildman–Crippen LogP) is 1.28. The minimum absolute atomic E-state index is 0.186. The number of hydrogen-bond acceptors (Lipinski definition) is 4. The van der Waals surface area contributed by atoms with Crippen molar-refractivity contribution in [2.45, 2.75) is 39.3 Å². The first-order chi connectivity index (χ1) is 8.67. The molecule has 1 aliphatic heterocycles. The Morgan fingerprint density at radius 3 is 3.00 bits per heavy atom. The molecule has 0 amide bonds. The Hall–Kier alpha value is -0.620. The van der Waals surface area contributed by atoms with Crippen LogP contribution >= 0.6 is 11.6 Å². The quantitative estimate of drug-likeness (QED) is 0.626. The molecule has 2 heterocycles. The van der Waals surface area contributed by atoms with Crippen LogP contribution in [0.25, 0.3) is 0 Å². The summed E-state index contributed by atoms with van der Waals surface area (Å²) in [6, 6.07) is 0.186. The highest BCUT2D eigenvalue weighted by molar-refractivity contribution is 6.31. The van der Waals surface area contributed by atoms with Crippen LogP contribution in [0.1, 0.15) is 24.7 Å². The molecular formula is C12H21ClN4O. The Labute approximate surface area is 113 Å². The molecule has 0 aromatic carbocycles. The van der Waals surface area contributed by atoms with E-state index in [-0.39, 0.29) is 6.04 Å². The first-order valence-corrected chi connectivity index (χ1v) is 6.80. The maximum atomic E-state index is 6.32. The summed E-state index contributed by atoms with van der Waals surface area (Å²) in [4.78, 5) is 0. The third kappa shape index (κ3) is 2.69. The van der Waals surface area contributed by atoms with E-state index >= 15 is 0 Å². The number of nitrogens with two attached hydrogens (primary N) is 1. The number of nitrogens with one attached hydrogen (secondary N) is 1. The van der Waals surface area contributed by atoms with Crippen LogP contribution in [-0.4, -0.2) is 29.0 Å². The van der Waals surface area contributed by atoms with E-state index in [0.29, 0.717) is 5.92 Å². The van der Waals surface area contributed by atoms with Gasteiger partial charge in [-0.25, -0.2) is 0 Å². The molecule has 1 aromatic rings. The van der Waals surface area contributed by atoms with E-state index in [1.807, 2.05) is 11.6 Å². The SMILES string of the molecule is CCn1nc(C)c(Cl)c1CC(NN)C1CCOC1. The number of ether oxygens (including phenoxy) is 1. The van der Waals surface area contributed by atoms with Crippen molar-refractivity contribution in [3.8, 4) is 0 Å². The smallest absolute Gasteiger partial charge is 0.0847 e. The predicted molar refractivity (Wildman–Crippen MR) is 71.4 cm³/mol. The van der Waals surface area contributed by atoms with Gasteiger partial charge in [0.25, 0.3) is 0 Å². The van der Waals surface area contributed by atoms with Gasteiger partial charge in [-0.15, -0.1) is 0 Å². The molecular weight excluding hydrogens is 252 g/mol. The Morgan fingerprint density at radius 1 is 1.67 bits per heavy atom. The Kier molecular flexibility index (Phi) is 4.61. The van der Waals surface area contributed by atoms with Gasteiger partial charge in [-0.05, 0) is 20.3 Å². The molecule has 1 saturated heterocycles. The number of hydrogen-bond donors (Lipinski definition) is 2. The fourth-order valence-corrected chi connectivity index (χ4v) is 2.72. The van der Waals surface area contributed by atoms with Crippen LogP contribution in [0.4, 0.5) is 0 Å². The van der Waals surface area contributed by atoms with Crippen molar-refractivity contribution in [1.82, 2.24) is 15.2 Å². The fourth-order valence-electron chi connectivity index (χ4n) is 2.50. The highest BCUT2D eigenvalue weighted by Gasteiger charge is 2.27. The van der Waals surface area contributed by atoms with Gasteiger partial charge in [-0.3, -0.25) is 16.0 Å². The molecule has 3 N–H and O–H groups in total. The van der Waals surface area contributed by atoms with Crippen LogP contribution in [0.2, 0.25) is 5.02 Å². The van der Waals surface area contributed by atoms with Gasteiger partial charge >= 0.3 is 0 Å².